The summed E-state index contributed by atoms with van der Waals surface area (Å²) in [6, 6.07) is 10.1. The van der Waals surface area contributed by atoms with Crippen LogP contribution in [-0.2, 0) is 19.6 Å². The maximum atomic E-state index is 12.6. The SMILES string of the molecule is COC(=O)c1ccc(C)c(NC(=O)CN(c2cc(C)cc(C)c2)S(C)(=O)=O)c1. The molecule has 0 aromatic heterocycles. The van der Waals surface area contributed by atoms with Gasteiger partial charge in [0, 0.05) is 5.69 Å². The zero-order chi connectivity index (χ0) is 21.1. The maximum absolute atomic E-state index is 12.6. The molecular formula is C20H24N2O5S. The molecule has 0 heterocycles. The van der Waals surface area contributed by atoms with Crippen LogP contribution in [-0.4, -0.2) is 40.2 Å². The second-order valence-corrected chi connectivity index (χ2v) is 8.59. The minimum Gasteiger partial charge on any atom is -0.465 e. The summed E-state index contributed by atoms with van der Waals surface area (Å²) in [6.07, 6.45) is 1.06. The lowest BCUT2D eigenvalue weighted by atomic mass is 10.1. The van der Waals surface area contributed by atoms with Gasteiger partial charge in [-0.2, -0.15) is 0 Å². The molecule has 28 heavy (non-hydrogen) atoms. The number of sulfonamides is 1. The van der Waals surface area contributed by atoms with Crippen molar-refractivity contribution in [3.8, 4) is 0 Å². The lowest BCUT2D eigenvalue weighted by molar-refractivity contribution is -0.114. The number of nitrogens with zero attached hydrogens (tertiary/aromatic N) is 1. The second kappa shape index (κ2) is 8.43. The van der Waals surface area contributed by atoms with Crippen LogP contribution < -0.4 is 9.62 Å². The Hall–Kier alpha value is -2.87. The number of methoxy groups -OCH3 is 1. The van der Waals surface area contributed by atoms with Gasteiger partial charge in [0.25, 0.3) is 0 Å². The van der Waals surface area contributed by atoms with E-state index in [9.17, 15) is 18.0 Å². The first kappa shape index (κ1) is 21.4. The molecule has 0 fully saturated rings. The number of carbonyl (C=O) groups excluding carboxylic acids is 2. The Labute approximate surface area is 165 Å². The van der Waals surface area contributed by atoms with E-state index in [-0.39, 0.29) is 12.1 Å². The van der Waals surface area contributed by atoms with Gasteiger partial charge < -0.3 is 10.1 Å². The Morgan fingerprint density at radius 2 is 1.64 bits per heavy atom. The molecule has 0 unspecified atom stereocenters. The fourth-order valence-corrected chi connectivity index (χ4v) is 3.66. The molecule has 0 bridgehead atoms. The van der Waals surface area contributed by atoms with E-state index in [1.54, 1.807) is 31.2 Å². The molecule has 0 radical (unpaired) electrons. The summed E-state index contributed by atoms with van der Waals surface area (Å²) in [7, 11) is -2.40. The van der Waals surface area contributed by atoms with Crippen LogP contribution in [0.4, 0.5) is 11.4 Å². The van der Waals surface area contributed by atoms with Gasteiger partial charge in [-0.25, -0.2) is 13.2 Å². The normalized spacial score (nSPS) is 11.0. The van der Waals surface area contributed by atoms with Crippen LogP contribution in [0.1, 0.15) is 27.0 Å². The van der Waals surface area contributed by atoms with Gasteiger partial charge >= 0.3 is 5.97 Å². The minimum atomic E-state index is -3.68. The second-order valence-electron chi connectivity index (χ2n) is 6.69. The fourth-order valence-electron chi connectivity index (χ4n) is 2.82. The Bertz CT molecular complexity index is 995. The molecule has 8 heteroatoms. The summed E-state index contributed by atoms with van der Waals surface area (Å²) < 4.78 is 30.3. The molecule has 1 amide bonds. The molecule has 0 saturated heterocycles. The van der Waals surface area contributed by atoms with Crippen molar-refractivity contribution in [2.24, 2.45) is 0 Å². The smallest absolute Gasteiger partial charge is 0.337 e. The lowest BCUT2D eigenvalue weighted by Crippen LogP contribution is -2.37. The molecule has 0 spiro atoms. The Balaban J connectivity index is 2.29. The molecule has 0 aliphatic rings. The largest absolute Gasteiger partial charge is 0.465 e. The van der Waals surface area contributed by atoms with Crippen LogP contribution in [0.5, 0.6) is 0 Å². The molecule has 0 aliphatic heterocycles. The van der Waals surface area contributed by atoms with Gasteiger partial charge in [0.1, 0.15) is 6.54 Å². The molecule has 0 atom stereocenters. The zero-order valence-electron chi connectivity index (χ0n) is 16.6. The lowest BCUT2D eigenvalue weighted by Gasteiger charge is -2.23. The molecule has 2 aromatic rings. The van der Waals surface area contributed by atoms with Crippen molar-refractivity contribution in [3.63, 3.8) is 0 Å². The molecule has 2 rings (SSSR count). The molecule has 2 aromatic carbocycles. The number of hydrogen-bond donors (Lipinski definition) is 1. The summed E-state index contributed by atoms with van der Waals surface area (Å²) in [5.74, 6) is -1.04. The number of aryl methyl sites for hydroxylation is 3. The minimum absolute atomic E-state index is 0.290. The van der Waals surface area contributed by atoms with Crippen molar-refractivity contribution in [2.75, 3.05) is 29.5 Å². The summed E-state index contributed by atoms with van der Waals surface area (Å²) >= 11 is 0. The van der Waals surface area contributed by atoms with Gasteiger partial charge in [-0.3, -0.25) is 9.10 Å². The van der Waals surface area contributed by atoms with Crippen molar-refractivity contribution in [3.05, 3.63) is 58.7 Å². The van der Waals surface area contributed by atoms with Gasteiger partial charge in [-0.1, -0.05) is 12.1 Å². The Kier molecular flexibility index (Phi) is 6.45. The van der Waals surface area contributed by atoms with Crippen molar-refractivity contribution >= 4 is 33.3 Å². The van der Waals surface area contributed by atoms with E-state index in [1.165, 1.54) is 13.2 Å². The van der Waals surface area contributed by atoms with Gasteiger partial charge in [-0.05, 0) is 61.7 Å². The van der Waals surface area contributed by atoms with E-state index in [1.807, 2.05) is 19.9 Å². The van der Waals surface area contributed by atoms with Crippen LogP contribution >= 0.6 is 0 Å². The number of benzene rings is 2. The summed E-state index contributed by atoms with van der Waals surface area (Å²) in [5.41, 5.74) is 3.66. The quantitative estimate of drug-likeness (QED) is 0.748. The summed E-state index contributed by atoms with van der Waals surface area (Å²) in [5, 5.41) is 2.68. The molecule has 0 aliphatic carbocycles. The van der Waals surface area contributed by atoms with Gasteiger partial charge in [0.05, 0.1) is 24.6 Å². The number of carbonyl (C=O) groups is 2. The number of hydrogen-bond acceptors (Lipinski definition) is 5. The highest BCUT2D eigenvalue weighted by Gasteiger charge is 2.22. The molecule has 7 nitrogen and oxygen atoms in total. The van der Waals surface area contributed by atoms with Crippen molar-refractivity contribution in [1.82, 2.24) is 0 Å². The van der Waals surface area contributed by atoms with Crippen molar-refractivity contribution in [2.45, 2.75) is 20.8 Å². The Morgan fingerprint density at radius 3 is 2.18 bits per heavy atom. The van der Waals surface area contributed by atoms with E-state index in [2.05, 4.69) is 10.1 Å². The van der Waals surface area contributed by atoms with E-state index >= 15 is 0 Å². The molecule has 150 valence electrons. The maximum Gasteiger partial charge on any atom is 0.337 e. The molecule has 1 N–H and O–H groups in total. The highest BCUT2D eigenvalue weighted by molar-refractivity contribution is 7.92. The third-order valence-electron chi connectivity index (χ3n) is 4.11. The number of amides is 1. The molecule has 0 saturated carbocycles. The third kappa shape index (κ3) is 5.32. The van der Waals surface area contributed by atoms with E-state index in [4.69, 9.17) is 0 Å². The number of rotatable bonds is 6. The van der Waals surface area contributed by atoms with Crippen molar-refractivity contribution in [1.29, 1.82) is 0 Å². The van der Waals surface area contributed by atoms with E-state index in [0.717, 1.165) is 27.3 Å². The topological polar surface area (TPSA) is 92.8 Å². The van der Waals surface area contributed by atoms with E-state index in [0.29, 0.717) is 11.4 Å². The van der Waals surface area contributed by atoms with Gasteiger partial charge in [-0.15, -0.1) is 0 Å². The predicted octanol–water partition coefficient (Wildman–Crippen LogP) is 2.80. The standard InChI is InChI=1S/C20H24N2O5S/c1-13-8-14(2)10-17(9-13)22(28(5,25)26)12-19(23)21-18-11-16(20(24)27-4)7-6-15(18)3/h6-11H,12H2,1-5H3,(H,21,23). The number of nitrogens with one attached hydrogen (secondary N) is 1. The van der Waals surface area contributed by atoms with Crippen LogP contribution in [0, 0.1) is 20.8 Å². The van der Waals surface area contributed by atoms with E-state index < -0.39 is 21.9 Å². The number of anilines is 2. The van der Waals surface area contributed by atoms with Gasteiger partial charge in [0.15, 0.2) is 0 Å². The first-order chi connectivity index (χ1) is 13.0. The predicted molar refractivity (Wildman–Crippen MR) is 109 cm³/mol. The number of esters is 1. The summed E-state index contributed by atoms with van der Waals surface area (Å²) in [6.45, 7) is 5.11. The fraction of sp³-hybridized carbons (Fsp3) is 0.300. The van der Waals surface area contributed by atoms with Crippen LogP contribution in [0.15, 0.2) is 36.4 Å². The third-order valence-corrected chi connectivity index (χ3v) is 5.26. The molecular weight excluding hydrogens is 380 g/mol. The average molecular weight is 404 g/mol. The average Bonchev–Trinajstić information content (AvgIpc) is 2.59. The van der Waals surface area contributed by atoms with Crippen LogP contribution in [0.25, 0.3) is 0 Å². The number of ether oxygens (including phenoxy) is 1. The van der Waals surface area contributed by atoms with Crippen LogP contribution in [0.2, 0.25) is 0 Å². The summed E-state index contributed by atoms with van der Waals surface area (Å²) in [4.78, 5) is 24.3. The van der Waals surface area contributed by atoms with Gasteiger partial charge in [0.2, 0.25) is 15.9 Å². The Morgan fingerprint density at radius 1 is 1.04 bits per heavy atom. The van der Waals surface area contributed by atoms with Crippen molar-refractivity contribution < 1.29 is 22.7 Å². The zero-order valence-corrected chi connectivity index (χ0v) is 17.4. The monoisotopic (exact) mass is 404 g/mol. The first-order valence-electron chi connectivity index (χ1n) is 8.56. The van der Waals surface area contributed by atoms with Crippen LogP contribution in [0.3, 0.4) is 0 Å². The highest BCUT2D eigenvalue weighted by Crippen LogP contribution is 2.22. The highest BCUT2D eigenvalue weighted by atomic mass is 32.2. The first-order valence-corrected chi connectivity index (χ1v) is 10.4.